The van der Waals surface area contributed by atoms with Gasteiger partial charge in [0, 0.05) is 37.3 Å². The Labute approximate surface area is 402 Å². The average Bonchev–Trinajstić information content (AvgIpc) is 3.77. The quantitative estimate of drug-likeness (QED) is 0.0717. The van der Waals surface area contributed by atoms with Crippen LogP contribution in [-0.2, 0) is 59.2 Å². The number of primary amides is 3. The van der Waals surface area contributed by atoms with E-state index in [9.17, 15) is 57.8 Å². The largest absolute Gasteiger partial charge is 0.508 e. The lowest BCUT2D eigenvalue weighted by Gasteiger charge is -2.31. The van der Waals surface area contributed by atoms with Gasteiger partial charge in [0.05, 0.1) is 13.0 Å². The highest BCUT2D eigenvalue weighted by molar-refractivity contribution is 8.76. The Morgan fingerprint density at radius 3 is 2.07 bits per heavy atom. The number of carbonyl (C=O) groups is 11. The number of phenolic OH excluding ortho intramolecular Hbond substituents is 1. The van der Waals surface area contributed by atoms with E-state index in [0.29, 0.717) is 18.4 Å². The summed E-state index contributed by atoms with van der Waals surface area (Å²) in [6.07, 6.45) is -0.630. The van der Waals surface area contributed by atoms with E-state index in [1.807, 2.05) is 13.8 Å². The first kappa shape index (κ1) is 56.2. The molecule has 3 rings (SSSR count). The SMILES string of the molecule is CCC(C)C1NC(=O)C(Cc2ccc(O)cc2)NC(=O)CCSSCC(C(=O)N2CCCC2C(=O)NC(CC(C)C)C(=O)NCC(N)=O)NC(=O)C(CC(N)=O)NC(=O)C(CCC(N)=O)NC1=O. The topological polar surface area (TPSA) is 374 Å². The van der Waals surface area contributed by atoms with Gasteiger partial charge in [0.25, 0.3) is 0 Å². The summed E-state index contributed by atoms with van der Waals surface area (Å²) in [5, 5.41) is 27.8. The molecule has 2 aliphatic heterocycles. The van der Waals surface area contributed by atoms with Crippen LogP contribution in [0.4, 0.5) is 0 Å². The summed E-state index contributed by atoms with van der Waals surface area (Å²) in [4.78, 5) is 148. The Morgan fingerprint density at radius 2 is 1.46 bits per heavy atom. The number of likely N-dealkylation sites (tertiary alicyclic amines) is 1. The van der Waals surface area contributed by atoms with Gasteiger partial charge in [0.15, 0.2) is 0 Å². The molecule has 1 aromatic carbocycles. The second kappa shape index (κ2) is 27.6. The second-order valence-corrected chi connectivity index (χ2v) is 19.8. The van der Waals surface area contributed by atoms with Crippen LogP contribution < -0.4 is 54.4 Å². The van der Waals surface area contributed by atoms with E-state index in [2.05, 4.69) is 37.2 Å². The number of nitrogens with two attached hydrogens (primary N) is 3. The summed E-state index contributed by atoms with van der Waals surface area (Å²) < 4.78 is 0. The molecule has 11 amide bonds. The molecule has 0 spiro atoms. The van der Waals surface area contributed by atoms with E-state index in [4.69, 9.17) is 17.2 Å². The summed E-state index contributed by atoms with van der Waals surface area (Å²) in [6, 6.07) is -3.44. The van der Waals surface area contributed by atoms with E-state index in [1.165, 1.54) is 17.0 Å². The van der Waals surface area contributed by atoms with Crippen LogP contribution in [-0.4, -0.2) is 142 Å². The van der Waals surface area contributed by atoms with Crippen LogP contribution >= 0.6 is 21.6 Å². The van der Waals surface area contributed by atoms with Crippen molar-refractivity contribution in [1.82, 2.24) is 42.1 Å². The monoisotopic (exact) mass is 991 g/mol. The highest BCUT2D eigenvalue weighted by atomic mass is 33.1. The molecule has 8 unspecified atom stereocenters. The minimum Gasteiger partial charge on any atom is -0.508 e. The Kier molecular flexibility index (Phi) is 22.9. The Hall–Kier alpha value is -6.11. The number of benzene rings is 1. The molecule has 2 saturated heterocycles. The molecule has 1 aromatic rings. The zero-order chi connectivity index (χ0) is 50.7. The number of nitrogens with one attached hydrogen (secondary N) is 7. The van der Waals surface area contributed by atoms with E-state index < -0.39 is 133 Å². The molecule has 25 heteroatoms. The van der Waals surface area contributed by atoms with Gasteiger partial charge >= 0.3 is 0 Å². The van der Waals surface area contributed by atoms with Gasteiger partial charge in [-0.2, -0.15) is 0 Å². The van der Waals surface area contributed by atoms with Crippen molar-refractivity contribution >= 4 is 86.6 Å². The zero-order valence-corrected chi connectivity index (χ0v) is 40.3. The van der Waals surface area contributed by atoms with Gasteiger partial charge in [-0.05, 0) is 55.2 Å². The zero-order valence-electron chi connectivity index (χ0n) is 38.6. The number of rotatable bonds is 17. The molecular formula is C43H65N11O12S2. The normalized spacial score (nSPS) is 23.4. The molecule has 23 nitrogen and oxygen atoms in total. The van der Waals surface area contributed by atoms with E-state index in [1.54, 1.807) is 26.0 Å². The van der Waals surface area contributed by atoms with E-state index in [-0.39, 0.29) is 61.8 Å². The molecule has 2 fully saturated rings. The fourth-order valence-electron chi connectivity index (χ4n) is 7.33. The fourth-order valence-corrected chi connectivity index (χ4v) is 9.47. The molecule has 2 heterocycles. The fraction of sp³-hybridized carbons (Fsp3) is 0.605. The Bertz CT molecular complexity index is 2010. The summed E-state index contributed by atoms with van der Waals surface area (Å²) in [7, 11) is 2.24. The number of carbonyl (C=O) groups excluding carboxylic acids is 11. The van der Waals surface area contributed by atoms with Gasteiger partial charge in [0.2, 0.25) is 65.0 Å². The van der Waals surface area contributed by atoms with Gasteiger partial charge in [-0.25, -0.2) is 0 Å². The molecule has 0 aliphatic carbocycles. The van der Waals surface area contributed by atoms with Crippen molar-refractivity contribution < 1.29 is 57.8 Å². The minimum absolute atomic E-state index is 0.0255. The lowest BCUT2D eigenvalue weighted by atomic mass is 9.96. The lowest BCUT2D eigenvalue weighted by molar-refractivity contribution is -0.142. The average molecular weight is 992 g/mol. The van der Waals surface area contributed by atoms with Crippen LogP contribution in [0.3, 0.4) is 0 Å². The molecule has 0 radical (unpaired) electrons. The number of hydrogen-bond acceptors (Lipinski definition) is 14. The maximum Gasteiger partial charge on any atom is 0.246 e. The number of phenols is 1. The molecular weight excluding hydrogens is 927 g/mol. The predicted molar refractivity (Wildman–Crippen MR) is 251 cm³/mol. The third kappa shape index (κ3) is 18.5. The van der Waals surface area contributed by atoms with Crippen molar-refractivity contribution in [3.8, 4) is 5.75 Å². The molecule has 2 aliphatic rings. The van der Waals surface area contributed by atoms with Crippen molar-refractivity contribution in [1.29, 1.82) is 0 Å². The third-order valence-corrected chi connectivity index (χ3v) is 13.5. The molecule has 376 valence electrons. The highest BCUT2D eigenvalue weighted by Gasteiger charge is 2.41. The van der Waals surface area contributed by atoms with Crippen LogP contribution in [0, 0.1) is 11.8 Å². The first-order valence-corrected chi connectivity index (χ1v) is 24.8. The van der Waals surface area contributed by atoms with Gasteiger partial charge in [-0.3, -0.25) is 52.7 Å². The van der Waals surface area contributed by atoms with Crippen molar-refractivity contribution in [2.45, 2.75) is 128 Å². The maximum atomic E-state index is 14.5. The van der Waals surface area contributed by atoms with Crippen LogP contribution in [0.5, 0.6) is 5.75 Å². The summed E-state index contributed by atoms with van der Waals surface area (Å²) in [5.41, 5.74) is 16.7. The lowest BCUT2D eigenvalue weighted by Crippen LogP contribution is -2.61. The van der Waals surface area contributed by atoms with Gasteiger partial charge in [-0.15, -0.1) is 0 Å². The van der Waals surface area contributed by atoms with E-state index >= 15 is 0 Å². The van der Waals surface area contributed by atoms with Crippen molar-refractivity contribution in [3.63, 3.8) is 0 Å². The van der Waals surface area contributed by atoms with Crippen LogP contribution in [0.25, 0.3) is 0 Å². The van der Waals surface area contributed by atoms with Crippen LogP contribution in [0.2, 0.25) is 0 Å². The third-order valence-electron chi connectivity index (χ3n) is 11.1. The standard InChI is InChI=1S/C43H65N11O12S2/c1-5-23(4)36-42(65)49-26(12-13-32(44)56)38(61)50-29(19-33(45)57)39(62)52-30(21-68-67-16-14-35(59)48-28(40(63)53-36)18-24-8-10-25(55)11-9-24)43(66)54-15-6-7-31(54)41(64)51-27(17-22(2)3)37(60)47-20-34(46)58/h8-11,22-23,26-31,36,55H,5-7,12-21H2,1-4H3,(H2,44,56)(H2,45,57)(H2,46,58)(H,47,60)(H,48,59)(H,49,65)(H,50,61)(H,51,64)(H,52,62)(H,53,63). The van der Waals surface area contributed by atoms with Crippen molar-refractivity contribution in [2.75, 3.05) is 24.6 Å². The van der Waals surface area contributed by atoms with Crippen LogP contribution in [0.1, 0.15) is 84.6 Å². The van der Waals surface area contributed by atoms with Gasteiger partial charge in [0.1, 0.15) is 48.0 Å². The maximum absolute atomic E-state index is 14.5. The molecule has 0 saturated carbocycles. The van der Waals surface area contributed by atoms with E-state index in [0.717, 1.165) is 21.6 Å². The minimum atomic E-state index is -1.73. The number of amides is 11. The Morgan fingerprint density at radius 1 is 0.809 bits per heavy atom. The molecule has 0 bridgehead atoms. The van der Waals surface area contributed by atoms with Gasteiger partial charge in [-0.1, -0.05) is 67.8 Å². The molecule has 8 atom stereocenters. The first-order chi connectivity index (χ1) is 32.1. The number of nitrogens with zero attached hydrogens (tertiary/aromatic N) is 1. The summed E-state index contributed by atoms with van der Waals surface area (Å²) in [5.74, 6) is -9.59. The highest BCUT2D eigenvalue weighted by Crippen LogP contribution is 2.26. The van der Waals surface area contributed by atoms with Crippen molar-refractivity contribution in [3.05, 3.63) is 29.8 Å². The number of hydrogen-bond donors (Lipinski definition) is 11. The predicted octanol–water partition coefficient (Wildman–Crippen LogP) is -2.55. The summed E-state index contributed by atoms with van der Waals surface area (Å²) in [6.45, 7) is 6.68. The smallest absolute Gasteiger partial charge is 0.246 e. The molecule has 14 N–H and O–H groups in total. The molecule has 0 aromatic heterocycles. The van der Waals surface area contributed by atoms with Crippen molar-refractivity contribution in [2.24, 2.45) is 29.0 Å². The summed E-state index contributed by atoms with van der Waals surface area (Å²) >= 11 is 0. The number of aromatic hydroxyl groups is 1. The molecule has 68 heavy (non-hydrogen) atoms. The second-order valence-electron chi connectivity index (χ2n) is 17.1. The Balaban J connectivity index is 2.02. The van der Waals surface area contributed by atoms with Gasteiger partial charge < -0.3 is 64.4 Å². The van der Waals surface area contributed by atoms with Crippen LogP contribution in [0.15, 0.2) is 24.3 Å². The first-order valence-electron chi connectivity index (χ1n) is 22.4.